The summed E-state index contributed by atoms with van der Waals surface area (Å²) in [5, 5.41) is 29.2. The van der Waals surface area contributed by atoms with Gasteiger partial charge in [-0.1, -0.05) is 41.5 Å². The Bertz CT molecular complexity index is 1210. The van der Waals surface area contributed by atoms with Crippen LogP contribution in [-0.4, -0.2) is 31.4 Å². The molecule has 0 bridgehead atoms. The molecule has 0 fully saturated rings. The van der Waals surface area contributed by atoms with Crippen molar-refractivity contribution < 1.29 is 4.74 Å². The van der Waals surface area contributed by atoms with Crippen molar-refractivity contribution in [3.05, 3.63) is 33.4 Å². The highest BCUT2D eigenvalue weighted by molar-refractivity contribution is 5.55. The number of aromatic nitrogens is 5. The number of hydrogen-bond acceptors (Lipinski definition) is 7. The molecule has 10 heteroatoms. The molecule has 0 aliphatic carbocycles. The molecule has 0 spiro atoms. The normalized spacial score (nSPS) is 12.6. The molecule has 0 saturated carbocycles. The van der Waals surface area contributed by atoms with Crippen molar-refractivity contribution in [1.82, 2.24) is 24.8 Å². The zero-order valence-electron chi connectivity index (χ0n) is 18.3. The van der Waals surface area contributed by atoms with E-state index in [1.807, 2.05) is 47.6 Å². The minimum atomic E-state index is -0.472. The van der Waals surface area contributed by atoms with Crippen LogP contribution in [0.1, 0.15) is 65.4 Å². The third kappa shape index (κ3) is 3.83. The third-order valence-electron chi connectivity index (χ3n) is 4.46. The molecule has 3 heterocycles. The first-order chi connectivity index (χ1) is 14.0. The first-order valence-electron chi connectivity index (χ1n) is 9.67. The van der Waals surface area contributed by atoms with Crippen LogP contribution in [0.25, 0.3) is 5.65 Å². The smallest absolute Gasteiger partial charge is 0.282 e. The lowest BCUT2D eigenvalue weighted by Crippen LogP contribution is -2.14. The SMILES string of the molecule is CCOc1c(N=Nc2n[nH]c(C(C)(C)C)c2C#N)c(=O)[nH]c2cc(C(C)(C)C)nn12. The first kappa shape index (κ1) is 21.2. The summed E-state index contributed by atoms with van der Waals surface area (Å²) in [5.74, 6) is 0.292. The highest BCUT2D eigenvalue weighted by atomic mass is 16.5. The minimum absolute atomic E-state index is 0.0443. The van der Waals surface area contributed by atoms with E-state index in [2.05, 4.69) is 36.6 Å². The number of nitrogens with zero attached hydrogens (tertiary/aromatic N) is 6. The Hall–Kier alpha value is -3.48. The predicted molar refractivity (Wildman–Crippen MR) is 112 cm³/mol. The lowest BCUT2D eigenvalue weighted by atomic mass is 9.90. The predicted octanol–water partition coefficient (Wildman–Crippen LogP) is 4.03. The van der Waals surface area contributed by atoms with Crippen molar-refractivity contribution in [3.63, 3.8) is 0 Å². The van der Waals surface area contributed by atoms with Crippen LogP contribution < -0.4 is 10.3 Å². The van der Waals surface area contributed by atoms with Crippen molar-refractivity contribution in [1.29, 1.82) is 5.26 Å². The number of aromatic amines is 2. The fourth-order valence-electron chi connectivity index (χ4n) is 2.87. The van der Waals surface area contributed by atoms with Crippen LogP contribution in [-0.2, 0) is 10.8 Å². The van der Waals surface area contributed by atoms with Crippen LogP contribution in [0.5, 0.6) is 5.88 Å². The second-order valence-corrected chi connectivity index (χ2v) is 8.98. The summed E-state index contributed by atoms with van der Waals surface area (Å²) in [6.45, 7) is 14.1. The van der Waals surface area contributed by atoms with Crippen LogP contribution in [0, 0.1) is 11.3 Å². The van der Waals surface area contributed by atoms with Crippen molar-refractivity contribution in [2.24, 2.45) is 10.2 Å². The van der Waals surface area contributed by atoms with Crippen LogP contribution in [0.2, 0.25) is 0 Å². The molecule has 158 valence electrons. The highest BCUT2D eigenvalue weighted by Crippen LogP contribution is 2.32. The molecule has 10 nitrogen and oxygen atoms in total. The van der Waals surface area contributed by atoms with E-state index in [0.29, 0.717) is 17.9 Å². The van der Waals surface area contributed by atoms with Gasteiger partial charge in [0.1, 0.15) is 17.3 Å². The van der Waals surface area contributed by atoms with Gasteiger partial charge in [-0.2, -0.15) is 20.0 Å². The Morgan fingerprint density at radius 1 is 1.20 bits per heavy atom. The number of azo groups is 1. The fraction of sp³-hybridized carbons (Fsp3) is 0.500. The molecule has 3 aromatic heterocycles. The van der Waals surface area contributed by atoms with E-state index in [1.54, 1.807) is 6.92 Å². The Balaban J connectivity index is 2.16. The van der Waals surface area contributed by atoms with Gasteiger partial charge in [-0.15, -0.1) is 10.2 Å². The average molecular weight is 410 g/mol. The summed E-state index contributed by atoms with van der Waals surface area (Å²) in [7, 11) is 0. The minimum Gasteiger partial charge on any atom is -0.476 e. The molecule has 0 amide bonds. The highest BCUT2D eigenvalue weighted by Gasteiger charge is 2.25. The lowest BCUT2D eigenvalue weighted by molar-refractivity contribution is 0.317. The largest absolute Gasteiger partial charge is 0.476 e. The third-order valence-corrected chi connectivity index (χ3v) is 4.46. The Morgan fingerprint density at radius 3 is 2.47 bits per heavy atom. The number of nitriles is 1. The quantitative estimate of drug-likeness (QED) is 0.626. The number of nitrogens with one attached hydrogen (secondary N) is 2. The lowest BCUT2D eigenvalue weighted by Gasteiger charge is -2.15. The topological polar surface area (TPSA) is 137 Å². The van der Waals surface area contributed by atoms with E-state index in [0.717, 1.165) is 5.69 Å². The average Bonchev–Trinajstić information content (AvgIpc) is 3.24. The van der Waals surface area contributed by atoms with Gasteiger partial charge in [0, 0.05) is 16.9 Å². The zero-order chi connectivity index (χ0) is 22.3. The van der Waals surface area contributed by atoms with Crippen molar-refractivity contribution in [2.45, 2.75) is 59.3 Å². The van der Waals surface area contributed by atoms with Crippen LogP contribution >= 0.6 is 0 Å². The summed E-state index contributed by atoms with van der Waals surface area (Å²) in [4.78, 5) is 15.5. The second kappa shape index (κ2) is 7.40. The molecule has 0 unspecified atom stereocenters. The molecule has 0 radical (unpaired) electrons. The van der Waals surface area contributed by atoms with Crippen LogP contribution in [0.3, 0.4) is 0 Å². The number of rotatable bonds is 4. The Morgan fingerprint density at radius 2 is 1.90 bits per heavy atom. The number of ether oxygens (including phenoxy) is 1. The van der Waals surface area contributed by atoms with Gasteiger partial charge in [0.2, 0.25) is 11.5 Å². The molecule has 2 N–H and O–H groups in total. The maximum absolute atomic E-state index is 12.7. The molecular weight excluding hydrogens is 384 g/mol. The van der Waals surface area contributed by atoms with E-state index in [-0.39, 0.29) is 33.8 Å². The molecule has 0 atom stereocenters. The summed E-state index contributed by atoms with van der Waals surface area (Å²) in [6.07, 6.45) is 0. The number of H-pyrrole nitrogens is 2. The molecule has 30 heavy (non-hydrogen) atoms. The van der Waals surface area contributed by atoms with E-state index in [9.17, 15) is 10.1 Å². The summed E-state index contributed by atoms with van der Waals surface area (Å²) < 4.78 is 7.21. The zero-order valence-corrected chi connectivity index (χ0v) is 18.3. The Labute approximate surface area is 174 Å². The second-order valence-electron chi connectivity index (χ2n) is 8.98. The fourth-order valence-corrected chi connectivity index (χ4v) is 2.87. The summed E-state index contributed by atoms with van der Waals surface area (Å²) in [6, 6.07) is 3.92. The monoisotopic (exact) mass is 410 g/mol. The Kier molecular flexibility index (Phi) is 5.24. The number of hydrogen-bond donors (Lipinski definition) is 2. The molecular formula is C20H26N8O2. The molecule has 3 rings (SSSR count). The van der Waals surface area contributed by atoms with E-state index >= 15 is 0 Å². The van der Waals surface area contributed by atoms with Crippen molar-refractivity contribution in [3.8, 4) is 11.9 Å². The van der Waals surface area contributed by atoms with Crippen molar-refractivity contribution >= 4 is 17.2 Å². The van der Waals surface area contributed by atoms with Gasteiger partial charge in [-0.05, 0) is 6.92 Å². The van der Waals surface area contributed by atoms with Gasteiger partial charge in [-0.3, -0.25) is 9.89 Å². The standard InChI is InChI=1S/C20H26N8O2/c1-8-30-18-14(17(29)22-13-9-12(19(2,3)4)27-28(13)18)23-25-16-11(10-21)15(24-26-16)20(5,6)7/h9H,8H2,1-7H3,(H,22,29)(H,24,26). The van der Waals surface area contributed by atoms with Crippen molar-refractivity contribution in [2.75, 3.05) is 6.61 Å². The molecule has 0 aliphatic heterocycles. The van der Waals surface area contributed by atoms with Crippen LogP contribution in [0.4, 0.5) is 11.5 Å². The number of fused-ring (bicyclic) bond motifs is 1. The van der Waals surface area contributed by atoms with Crippen LogP contribution in [0.15, 0.2) is 21.1 Å². The molecule has 0 aromatic carbocycles. The van der Waals surface area contributed by atoms with Gasteiger partial charge < -0.3 is 9.72 Å². The summed E-state index contributed by atoms with van der Waals surface area (Å²) in [5.41, 5.74) is 1.18. The van der Waals surface area contributed by atoms with E-state index in [1.165, 1.54) is 4.52 Å². The van der Waals surface area contributed by atoms with Gasteiger partial charge in [0.05, 0.1) is 18.0 Å². The van der Waals surface area contributed by atoms with Gasteiger partial charge >= 0.3 is 0 Å². The van der Waals surface area contributed by atoms with Gasteiger partial charge in [0.15, 0.2) is 0 Å². The van der Waals surface area contributed by atoms with Gasteiger partial charge in [0.25, 0.3) is 11.4 Å². The van der Waals surface area contributed by atoms with E-state index in [4.69, 9.17) is 4.74 Å². The molecule has 3 aromatic rings. The first-order valence-corrected chi connectivity index (χ1v) is 9.67. The summed E-state index contributed by atoms with van der Waals surface area (Å²) >= 11 is 0. The van der Waals surface area contributed by atoms with Gasteiger partial charge in [-0.25, -0.2) is 0 Å². The van der Waals surface area contributed by atoms with E-state index < -0.39 is 5.56 Å². The maximum atomic E-state index is 12.7. The maximum Gasteiger partial charge on any atom is 0.282 e. The molecule has 0 saturated heterocycles. The molecule has 0 aliphatic rings.